The number of carbonyl (C=O) groups excluding carboxylic acids is 2. The summed E-state index contributed by atoms with van der Waals surface area (Å²) >= 11 is 0. The van der Waals surface area contributed by atoms with Gasteiger partial charge in [0.2, 0.25) is 11.9 Å². The zero-order valence-electron chi connectivity index (χ0n) is 14.8. The van der Waals surface area contributed by atoms with Gasteiger partial charge in [0.15, 0.2) is 0 Å². The van der Waals surface area contributed by atoms with E-state index in [1.807, 2.05) is 19.1 Å². The number of nitrogens with one attached hydrogen (secondary N) is 1. The minimum absolute atomic E-state index is 0.0263. The predicted octanol–water partition coefficient (Wildman–Crippen LogP) is 4.22. The number of para-hydroxylation sites is 2. The van der Waals surface area contributed by atoms with Gasteiger partial charge in [-0.15, -0.1) is 0 Å². The molecule has 3 aromatic rings. The number of hydrogen-bond donors (Lipinski definition) is 1. The SMILES string of the molecule is CCOc1ccccc1NC(=O)[C@H](OC(=O)c1ccco1)c1ccccc1. The van der Waals surface area contributed by atoms with Crippen LogP contribution in [0.15, 0.2) is 77.4 Å². The van der Waals surface area contributed by atoms with Crippen LogP contribution in [-0.4, -0.2) is 18.5 Å². The Morgan fingerprint density at radius 3 is 2.44 bits per heavy atom. The molecule has 27 heavy (non-hydrogen) atoms. The Morgan fingerprint density at radius 1 is 1.00 bits per heavy atom. The van der Waals surface area contributed by atoms with Crippen LogP contribution >= 0.6 is 0 Å². The largest absolute Gasteiger partial charge is 0.492 e. The topological polar surface area (TPSA) is 77.8 Å². The fourth-order valence-corrected chi connectivity index (χ4v) is 2.51. The van der Waals surface area contributed by atoms with Crippen LogP contribution in [0, 0.1) is 0 Å². The van der Waals surface area contributed by atoms with E-state index >= 15 is 0 Å². The number of ether oxygens (including phenoxy) is 2. The number of hydrogen-bond acceptors (Lipinski definition) is 5. The third-order valence-electron chi connectivity index (χ3n) is 3.73. The lowest BCUT2D eigenvalue weighted by Gasteiger charge is -2.18. The molecule has 1 aromatic heterocycles. The van der Waals surface area contributed by atoms with Crippen molar-refractivity contribution in [2.75, 3.05) is 11.9 Å². The molecule has 1 atom stereocenters. The Morgan fingerprint density at radius 2 is 1.74 bits per heavy atom. The molecule has 0 saturated heterocycles. The lowest BCUT2D eigenvalue weighted by Crippen LogP contribution is -2.26. The summed E-state index contributed by atoms with van der Waals surface area (Å²) in [6.45, 7) is 2.32. The molecule has 0 radical (unpaired) electrons. The third kappa shape index (κ3) is 4.55. The zero-order chi connectivity index (χ0) is 19.1. The highest BCUT2D eigenvalue weighted by atomic mass is 16.6. The minimum Gasteiger partial charge on any atom is -0.492 e. The van der Waals surface area contributed by atoms with Crippen molar-refractivity contribution in [2.45, 2.75) is 13.0 Å². The second-order valence-corrected chi connectivity index (χ2v) is 5.59. The van der Waals surface area contributed by atoms with E-state index in [1.54, 1.807) is 48.5 Å². The molecule has 1 heterocycles. The average Bonchev–Trinajstić information content (AvgIpc) is 3.23. The number of rotatable bonds is 7. The standard InChI is InChI=1S/C21H19NO5/c1-2-25-17-12-7-6-11-16(17)22-20(23)19(15-9-4-3-5-10-15)27-21(24)18-13-8-14-26-18/h3-14,19H,2H2,1H3,(H,22,23)/t19-/m1/s1. The maximum absolute atomic E-state index is 12.9. The second-order valence-electron chi connectivity index (χ2n) is 5.59. The Bertz CT molecular complexity index is 890. The van der Waals surface area contributed by atoms with E-state index in [4.69, 9.17) is 13.9 Å². The van der Waals surface area contributed by atoms with Crippen molar-refractivity contribution in [1.82, 2.24) is 0 Å². The smallest absolute Gasteiger partial charge is 0.375 e. The minimum atomic E-state index is -1.14. The van der Waals surface area contributed by atoms with Crippen molar-refractivity contribution in [3.8, 4) is 5.75 Å². The molecule has 2 aromatic carbocycles. The number of amides is 1. The first-order valence-electron chi connectivity index (χ1n) is 8.51. The van der Waals surface area contributed by atoms with Crippen LogP contribution < -0.4 is 10.1 Å². The maximum Gasteiger partial charge on any atom is 0.375 e. The van der Waals surface area contributed by atoms with E-state index < -0.39 is 18.0 Å². The molecule has 6 heteroatoms. The molecular weight excluding hydrogens is 346 g/mol. The highest BCUT2D eigenvalue weighted by molar-refractivity contribution is 5.98. The summed E-state index contributed by atoms with van der Waals surface area (Å²) in [5, 5.41) is 2.77. The molecule has 0 aliphatic carbocycles. The van der Waals surface area contributed by atoms with Gasteiger partial charge in [-0.1, -0.05) is 42.5 Å². The summed E-state index contributed by atoms with van der Waals surface area (Å²) in [5.41, 5.74) is 1.04. The van der Waals surface area contributed by atoms with Gasteiger partial charge in [0.1, 0.15) is 5.75 Å². The Kier molecular flexibility index (Phi) is 5.89. The molecule has 0 aliphatic heterocycles. The van der Waals surface area contributed by atoms with Gasteiger partial charge in [-0.2, -0.15) is 0 Å². The molecule has 1 N–H and O–H groups in total. The van der Waals surface area contributed by atoms with Crippen molar-refractivity contribution < 1.29 is 23.5 Å². The van der Waals surface area contributed by atoms with Crippen LogP contribution in [0.4, 0.5) is 5.69 Å². The Labute approximate surface area is 156 Å². The lowest BCUT2D eigenvalue weighted by atomic mass is 10.1. The fraction of sp³-hybridized carbons (Fsp3) is 0.143. The van der Waals surface area contributed by atoms with Gasteiger partial charge in [-0.05, 0) is 31.2 Å². The predicted molar refractivity (Wildman–Crippen MR) is 99.5 cm³/mol. The number of anilines is 1. The quantitative estimate of drug-likeness (QED) is 0.635. The molecule has 0 saturated carbocycles. The van der Waals surface area contributed by atoms with E-state index in [0.717, 1.165) is 0 Å². The van der Waals surface area contributed by atoms with Crippen molar-refractivity contribution in [3.05, 3.63) is 84.3 Å². The summed E-state index contributed by atoms with van der Waals surface area (Å²) in [7, 11) is 0. The van der Waals surface area contributed by atoms with Gasteiger partial charge < -0.3 is 19.2 Å². The molecule has 0 bridgehead atoms. The summed E-state index contributed by atoms with van der Waals surface area (Å²) in [5.74, 6) is -0.647. The molecule has 138 valence electrons. The second kappa shape index (κ2) is 8.71. The van der Waals surface area contributed by atoms with E-state index in [1.165, 1.54) is 12.3 Å². The van der Waals surface area contributed by atoms with Crippen molar-refractivity contribution in [1.29, 1.82) is 0 Å². The highest BCUT2D eigenvalue weighted by Crippen LogP contribution is 2.27. The zero-order valence-corrected chi connectivity index (χ0v) is 14.8. The van der Waals surface area contributed by atoms with Crippen LogP contribution in [0.2, 0.25) is 0 Å². The molecule has 6 nitrogen and oxygen atoms in total. The summed E-state index contributed by atoms with van der Waals surface area (Å²) < 4.78 is 16.0. The van der Waals surface area contributed by atoms with Crippen LogP contribution in [-0.2, 0) is 9.53 Å². The number of furan rings is 1. The monoisotopic (exact) mass is 365 g/mol. The Hall–Kier alpha value is -3.54. The molecule has 0 spiro atoms. The van der Waals surface area contributed by atoms with Gasteiger partial charge >= 0.3 is 5.97 Å². The maximum atomic E-state index is 12.9. The van der Waals surface area contributed by atoms with Gasteiger partial charge in [0, 0.05) is 5.56 Å². The lowest BCUT2D eigenvalue weighted by molar-refractivity contribution is -0.125. The van der Waals surface area contributed by atoms with E-state index in [2.05, 4.69) is 5.32 Å². The summed E-state index contributed by atoms with van der Waals surface area (Å²) in [6, 6.07) is 18.9. The summed E-state index contributed by atoms with van der Waals surface area (Å²) in [4.78, 5) is 25.2. The molecule has 0 fully saturated rings. The average molecular weight is 365 g/mol. The van der Waals surface area contributed by atoms with Crippen LogP contribution in [0.25, 0.3) is 0 Å². The van der Waals surface area contributed by atoms with Gasteiger partial charge in [0.05, 0.1) is 18.6 Å². The first-order chi connectivity index (χ1) is 13.2. The van der Waals surface area contributed by atoms with Crippen LogP contribution in [0.5, 0.6) is 5.75 Å². The summed E-state index contributed by atoms with van der Waals surface area (Å²) in [6.07, 6.45) is 0.227. The van der Waals surface area contributed by atoms with Crippen LogP contribution in [0.1, 0.15) is 29.1 Å². The van der Waals surface area contributed by atoms with Gasteiger partial charge in [-0.3, -0.25) is 4.79 Å². The third-order valence-corrected chi connectivity index (χ3v) is 3.73. The normalized spacial score (nSPS) is 11.4. The van der Waals surface area contributed by atoms with Gasteiger partial charge in [-0.25, -0.2) is 4.79 Å². The number of benzene rings is 2. The first-order valence-corrected chi connectivity index (χ1v) is 8.51. The van der Waals surface area contributed by atoms with E-state index in [9.17, 15) is 9.59 Å². The van der Waals surface area contributed by atoms with E-state index in [0.29, 0.717) is 23.6 Å². The van der Waals surface area contributed by atoms with Crippen molar-refractivity contribution in [3.63, 3.8) is 0 Å². The van der Waals surface area contributed by atoms with Crippen LogP contribution in [0.3, 0.4) is 0 Å². The molecule has 0 aliphatic rings. The molecule has 1 amide bonds. The first kappa shape index (κ1) is 18.3. The highest BCUT2D eigenvalue weighted by Gasteiger charge is 2.27. The fourth-order valence-electron chi connectivity index (χ4n) is 2.51. The number of carbonyl (C=O) groups is 2. The molecule has 0 unspecified atom stereocenters. The van der Waals surface area contributed by atoms with Crippen molar-refractivity contribution in [2.24, 2.45) is 0 Å². The number of esters is 1. The molecule has 3 rings (SSSR count). The van der Waals surface area contributed by atoms with Gasteiger partial charge in [0.25, 0.3) is 5.91 Å². The molecular formula is C21H19NO5. The van der Waals surface area contributed by atoms with E-state index in [-0.39, 0.29) is 5.76 Å². The Balaban J connectivity index is 1.84. The van der Waals surface area contributed by atoms with Crippen molar-refractivity contribution >= 4 is 17.6 Å².